The molecule has 110 valence electrons. The van der Waals surface area contributed by atoms with Crippen LogP contribution in [0, 0.1) is 0 Å². The zero-order chi connectivity index (χ0) is 14.9. The highest BCUT2D eigenvalue weighted by molar-refractivity contribution is 7.86. The third-order valence-corrected chi connectivity index (χ3v) is 4.24. The number of carbonyl (C=O) groups is 1. The van der Waals surface area contributed by atoms with E-state index in [2.05, 4.69) is 0 Å². The van der Waals surface area contributed by atoms with Gasteiger partial charge in [-0.25, -0.2) is 5.14 Å². The van der Waals surface area contributed by atoms with Crippen LogP contribution < -0.4 is 10.9 Å². The molecule has 1 amide bonds. The first-order valence-electron chi connectivity index (χ1n) is 5.94. The van der Waals surface area contributed by atoms with Gasteiger partial charge in [0.15, 0.2) is 0 Å². The SMILES string of the molecule is Nc1ccc(O)cc1C(=O)N1CCN(S(N)(=O)=O)CC1. The van der Waals surface area contributed by atoms with Gasteiger partial charge in [0.25, 0.3) is 16.1 Å². The Labute approximate surface area is 116 Å². The minimum absolute atomic E-state index is 0.0503. The lowest BCUT2D eigenvalue weighted by molar-refractivity contribution is 0.0698. The van der Waals surface area contributed by atoms with E-state index < -0.39 is 10.2 Å². The molecule has 1 aliphatic heterocycles. The molecular weight excluding hydrogens is 284 g/mol. The summed E-state index contributed by atoms with van der Waals surface area (Å²) in [4.78, 5) is 13.7. The van der Waals surface area contributed by atoms with E-state index in [1.54, 1.807) is 0 Å². The van der Waals surface area contributed by atoms with Crippen LogP contribution in [-0.4, -0.2) is 54.8 Å². The van der Waals surface area contributed by atoms with E-state index in [1.165, 1.54) is 23.1 Å². The smallest absolute Gasteiger partial charge is 0.277 e. The van der Waals surface area contributed by atoms with E-state index in [0.717, 1.165) is 4.31 Å². The van der Waals surface area contributed by atoms with Gasteiger partial charge >= 0.3 is 0 Å². The molecule has 1 aromatic rings. The average Bonchev–Trinajstić information content (AvgIpc) is 2.40. The number of carbonyl (C=O) groups excluding carboxylic acids is 1. The lowest BCUT2D eigenvalue weighted by atomic mass is 10.1. The topological polar surface area (TPSA) is 130 Å². The number of piperazine rings is 1. The summed E-state index contributed by atoms with van der Waals surface area (Å²) >= 11 is 0. The predicted molar refractivity (Wildman–Crippen MR) is 73.1 cm³/mol. The molecule has 0 spiro atoms. The van der Waals surface area contributed by atoms with Crippen molar-refractivity contribution < 1.29 is 18.3 Å². The fourth-order valence-electron chi connectivity index (χ4n) is 2.05. The monoisotopic (exact) mass is 300 g/mol. The third kappa shape index (κ3) is 3.00. The van der Waals surface area contributed by atoms with Crippen molar-refractivity contribution in [3.63, 3.8) is 0 Å². The number of amides is 1. The normalized spacial score (nSPS) is 17.1. The molecular formula is C11H16N4O4S. The summed E-state index contributed by atoms with van der Waals surface area (Å²) in [7, 11) is -3.72. The Balaban J connectivity index is 2.11. The standard InChI is InChI=1S/C11H16N4O4S/c12-10-2-1-8(16)7-9(10)11(17)14-3-5-15(6-4-14)20(13,18)19/h1-2,7,16H,3-6,12H2,(H2,13,18,19). The second kappa shape index (κ2) is 5.27. The van der Waals surface area contributed by atoms with E-state index in [9.17, 15) is 18.3 Å². The molecule has 1 fully saturated rings. The van der Waals surface area contributed by atoms with Crippen molar-refractivity contribution in [1.29, 1.82) is 0 Å². The molecule has 5 N–H and O–H groups in total. The summed E-state index contributed by atoms with van der Waals surface area (Å²) in [5, 5.41) is 14.4. The summed E-state index contributed by atoms with van der Waals surface area (Å²) in [6.07, 6.45) is 0. The van der Waals surface area contributed by atoms with Crippen molar-refractivity contribution in [3.8, 4) is 5.75 Å². The molecule has 0 aromatic heterocycles. The molecule has 0 unspecified atom stereocenters. The highest BCUT2D eigenvalue weighted by Crippen LogP contribution is 2.21. The van der Waals surface area contributed by atoms with Crippen LogP contribution in [0.5, 0.6) is 5.75 Å². The quantitative estimate of drug-likeness (QED) is 0.473. The van der Waals surface area contributed by atoms with E-state index in [4.69, 9.17) is 10.9 Å². The van der Waals surface area contributed by atoms with Crippen molar-refractivity contribution in [2.75, 3.05) is 31.9 Å². The van der Waals surface area contributed by atoms with Crippen molar-refractivity contribution in [2.45, 2.75) is 0 Å². The second-order valence-electron chi connectivity index (χ2n) is 4.51. The number of nitrogen functional groups attached to an aromatic ring is 1. The highest BCUT2D eigenvalue weighted by Gasteiger charge is 2.27. The first-order valence-corrected chi connectivity index (χ1v) is 7.45. The van der Waals surface area contributed by atoms with E-state index in [1.807, 2.05) is 0 Å². The molecule has 8 nitrogen and oxygen atoms in total. The first-order chi connectivity index (χ1) is 9.29. The van der Waals surface area contributed by atoms with Crippen LogP contribution in [0.2, 0.25) is 0 Å². The minimum atomic E-state index is -3.72. The highest BCUT2D eigenvalue weighted by atomic mass is 32.2. The van der Waals surface area contributed by atoms with Gasteiger partial charge in [-0.05, 0) is 18.2 Å². The van der Waals surface area contributed by atoms with Crippen molar-refractivity contribution >= 4 is 21.8 Å². The number of hydrogen-bond donors (Lipinski definition) is 3. The van der Waals surface area contributed by atoms with Crippen LogP contribution in [0.1, 0.15) is 10.4 Å². The Hall–Kier alpha value is -1.84. The van der Waals surface area contributed by atoms with Crippen LogP contribution in [0.4, 0.5) is 5.69 Å². The molecule has 1 aliphatic rings. The first kappa shape index (κ1) is 14.6. The van der Waals surface area contributed by atoms with Crippen LogP contribution >= 0.6 is 0 Å². The lowest BCUT2D eigenvalue weighted by Crippen LogP contribution is -2.52. The molecule has 2 rings (SSSR count). The molecule has 1 aromatic carbocycles. The fourth-order valence-corrected chi connectivity index (χ4v) is 2.72. The molecule has 0 radical (unpaired) electrons. The predicted octanol–water partition coefficient (Wildman–Crippen LogP) is -1.06. The zero-order valence-electron chi connectivity index (χ0n) is 10.7. The lowest BCUT2D eigenvalue weighted by Gasteiger charge is -2.33. The van der Waals surface area contributed by atoms with Gasteiger partial charge in [-0.2, -0.15) is 12.7 Å². The van der Waals surface area contributed by atoms with Crippen LogP contribution in [-0.2, 0) is 10.2 Å². The number of nitrogens with zero attached hydrogens (tertiary/aromatic N) is 2. The molecule has 9 heteroatoms. The van der Waals surface area contributed by atoms with E-state index in [-0.39, 0.29) is 49.1 Å². The van der Waals surface area contributed by atoms with Gasteiger partial charge in [0.2, 0.25) is 0 Å². The van der Waals surface area contributed by atoms with Crippen molar-refractivity contribution in [1.82, 2.24) is 9.21 Å². The molecule has 20 heavy (non-hydrogen) atoms. The van der Waals surface area contributed by atoms with Crippen LogP contribution in [0.15, 0.2) is 18.2 Å². The summed E-state index contributed by atoms with van der Waals surface area (Å²) in [5.41, 5.74) is 6.18. The summed E-state index contributed by atoms with van der Waals surface area (Å²) < 4.78 is 23.5. The summed E-state index contributed by atoms with van der Waals surface area (Å²) in [5.74, 6) is -0.391. The average molecular weight is 300 g/mol. The van der Waals surface area contributed by atoms with Crippen LogP contribution in [0.3, 0.4) is 0 Å². The Morgan fingerprint density at radius 3 is 2.35 bits per heavy atom. The maximum absolute atomic E-state index is 12.3. The molecule has 0 aliphatic carbocycles. The van der Waals surface area contributed by atoms with Gasteiger partial charge in [0.05, 0.1) is 5.56 Å². The Bertz CT molecular complexity index is 623. The number of nitrogens with two attached hydrogens (primary N) is 2. The number of aromatic hydroxyl groups is 1. The zero-order valence-corrected chi connectivity index (χ0v) is 11.5. The number of phenolic OH excluding ortho intramolecular Hbond substituents is 1. The fraction of sp³-hybridized carbons (Fsp3) is 0.364. The van der Waals surface area contributed by atoms with Crippen molar-refractivity contribution in [3.05, 3.63) is 23.8 Å². The number of hydrogen-bond acceptors (Lipinski definition) is 5. The molecule has 0 saturated carbocycles. The van der Waals surface area contributed by atoms with Gasteiger partial charge < -0.3 is 15.7 Å². The van der Waals surface area contributed by atoms with Crippen LogP contribution in [0.25, 0.3) is 0 Å². The second-order valence-corrected chi connectivity index (χ2v) is 6.05. The maximum Gasteiger partial charge on any atom is 0.277 e. The van der Waals surface area contributed by atoms with Crippen molar-refractivity contribution in [2.24, 2.45) is 5.14 Å². The van der Waals surface area contributed by atoms with Gasteiger partial charge in [-0.3, -0.25) is 4.79 Å². The Kier molecular flexibility index (Phi) is 3.84. The molecule has 0 atom stereocenters. The summed E-state index contributed by atoms with van der Waals surface area (Å²) in [6.45, 7) is 0.737. The van der Waals surface area contributed by atoms with E-state index >= 15 is 0 Å². The Morgan fingerprint density at radius 2 is 1.80 bits per heavy atom. The van der Waals surface area contributed by atoms with E-state index in [0.29, 0.717) is 0 Å². The number of anilines is 1. The van der Waals surface area contributed by atoms with Gasteiger partial charge in [0, 0.05) is 31.9 Å². The van der Waals surface area contributed by atoms with Gasteiger partial charge in [-0.1, -0.05) is 0 Å². The number of benzene rings is 1. The third-order valence-electron chi connectivity index (χ3n) is 3.15. The molecule has 1 heterocycles. The van der Waals surface area contributed by atoms with Gasteiger partial charge in [-0.15, -0.1) is 0 Å². The molecule has 0 bridgehead atoms. The number of phenols is 1. The number of rotatable bonds is 2. The largest absolute Gasteiger partial charge is 0.508 e. The Morgan fingerprint density at radius 1 is 1.20 bits per heavy atom. The summed E-state index contributed by atoms with van der Waals surface area (Å²) in [6, 6.07) is 4.14. The molecule has 1 saturated heterocycles. The van der Waals surface area contributed by atoms with Gasteiger partial charge in [0.1, 0.15) is 5.75 Å². The maximum atomic E-state index is 12.3. The minimum Gasteiger partial charge on any atom is -0.508 e.